The molecule has 0 bridgehead atoms. The highest BCUT2D eigenvalue weighted by Crippen LogP contribution is 2.22. The van der Waals surface area contributed by atoms with Crippen LogP contribution in [0.15, 0.2) is 15.9 Å². The summed E-state index contributed by atoms with van der Waals surface area (Å²) in [5.74, 6) is 0.0228. The Kier molecular flexibility index (Phi) is 6.01. The highest BCUT2D eigenvalue weighted by atomic mass is 79.9. The van der Waals surface area contributed by atoms with Crippen LogP contribution in [-0.2, 0) is 11.2 Å². The zero-order valence-corrected chi connectivity index (χ0v) is 11.6. The molecule has 16 heavy (non-hydrogen) atoms. The summed E-state index contributed by atoms with van der Waals surface area (Å²) in [5.41, 5.74) is 0. The molecule has 0 aliphatic carbocycles. The number of nitrogens with one attached hydrogen (secondary N) is 1. The summed E-state index contributed by atoms with van der Waals surface area (Å²) in [6.45, 7) is 2.12. The average molecular weight is 306 g/mol. The van der Waals surface area contributed by atoms with Gasteiger partial charge in [-0.15, -0.1) is 11.3 Å². The standard InChI is InChI=1S/C11H16BrNO2S/c1-2-8(5-6-14)13-11(15)7-9-3-4-10(12)16-9/h3-4,8,14H,2,5-7H2,1H3,(H,13,15). The fourth-order valence-corrected chi connectivity index (χ4v) is 2.90. The number of aliphatic hydroxyl groups is 1. The second-order valence-electron chi connectivity index (χ2n) is 3.57. The van der Waals surface area contributed by atoms with Gasteiger partial charge in [0.25, 0.3) is 0 Å². The molecule has 1 rings (SSSR count). The lowest BCUT2D eigenvalue weighted by Crippen LogP contribution is -2.35. The monoisotopic (exact) mass is 305 g/mol. The van der Waals surface area contributed by atoms with Crippen molar-refractivity contribution in [3.05, 3.63) is 20.8 Å². The van der Waals surface area contributed by atoms with Crippen molar-refractivity contribution >= 4 is 33.2 Å². The van der Waals surface area contributed by atoms with Crippen molar-refractivity contribution in [3.63, 3.8) is 0 Å². The van der Waals surface area contributed by atoms with Crippen LogP contribution in [0.2, 0.25) is 0 Å². The molecule has 0 fully saturated rings. The lowest BCUT2D eigenvalue weighted by molar-refractivity contribution is -0.121. The average Bonchev–Trinajstić information content (AvgIpc) is 2.63. The summed E-state index contributed by atoms with van der Waals surface area (Å²) >= 11 is 4.94. The fraction of sp³-hybridized carbons (Fsp3) is 0.545. The molecule has 1 heterocycles. The van der Waals surface area contributed by atoms with E-state index in [1.807, 2.05) is 19.1 Å². The first-order valence-corrected chi connectivity index (χ1v) is 6.91. The summed E-state index contributed by atoms with van der Waals surface area (Å²) in [7, 11) is 0. The Balaban J connectivity index is 2.40. The summed E-state index contributed by atoms with van der Waals surface area (Å²) in [6.07, 6.45) is 1.88. The molecule has 0 aromatic carbocycles. The molecule has 0 saturated carbocycles. The van der Waals surface area contributed by atoms with Gasteiger partial charge in [0.2, 0.25) is 5.91 Å². The summed E-state index contributed by atoms with van der Waals surface area (Å²) < 4.78 is 1.04. The Labute approximate surface area is 108 Å². The fourth-order valence-electron chi connectivity index (χ4n) is 1.42. The second kappa shape index (κ2) is 7.04. The van der Waals surface area contributed by atoms with Gasteiger partial charge in [0.05, 0.1) is 10.2 Å². The minimum Gasteiger partial charge on any atom is -0.396 e. The van der Waals surface area contributed by atoms with Crippen molar-refractivity contribution in [1.29, 1.82) is 0 Å². The van der Waals surface area contributed by atoms with Crippen LogP contribution in [0, 0.1) is 0 Å². The van der Waals surface area contributed by atoms with Gasteiger partial charge in [-0.1, -0.05) is 6.92 Å². The molecule has 1 aromatic rings. The van der Waals surface area contributed by atoms with Crippen LogP contribution in [-0.4, -0.2) is 23.7 Å². The minimum atomic E-state index is 0.0228. The van der Waals surface area contributed by atoms with E-state index < -0.39 is 0 Å². The van der Waals surface area contributed by atoms with E-state index in [4.69, 9.17) is 5.11 Å². The predicted molar refractivity (Wildman–Crippen MR) is 69.6 cm³/mol. The van der Waals surface area contributed by atoms with Gasteiger partial charge in [-0.3, -0.25) is 4.79 Å². The van der Waals surface area contributed by atoms with E-state index >= 15 is 0 Å². The van der Waals surface area contributed by atoms with Crippen molar-refractivity contribution < 1.29 is 9.90 Å². The van der Waals surface area contributed by atoms with Crippen molar-refractivity contribution in [1.82, 2.24) is 5.32 Å². The molecule has 2 N–H and O–H groups in total. The topological polar surface area (TPSA) is 49.3 Å². The first-order valence-electron chi connectivity index (χ1n) is 5.30. The molecule has 5 heteroatoms. The number of halogens is 1. The number of hydrogen-bond acceptors (Lipinski definition) is 3. The second-order valence-corrected chi connectivity index (χ2v) is 6.12. The molecule has 0 aliphatic rings. The maximum atomic E-state index is 11.7. The van der Waals surface area contributed by atoms with Crippen molar-refractivity contribution in [2.45, 2.75) is 32.2 Å². The van der Waals surface area contributed by atoms with Gasteiger partial charge in [-0.05, 0) is 40.9 Å². The van der Waals surface area contributed by atoms with Gasteiger partial charge < -0.3 is 10.4 Å². The number of carbonyl (C=O) groups is 1. The molecule has 0 spiro atoms. The van der Waals surface area contributed by atoms with Crippen LogP contribution in [0.4, 0.5) is 0 Å². The summed E-state index contributed by atoms with van der Waals surface area (Å²) in [6, 6.07) is 3.97. The number of aliphatic hydroxyl groups excluding tert-OH is 1. The van der Waals surface area contributed by atoms with Crippen LogP contribution in [0.5, 0.6) is 0 Å². The molecule has 0 saturated heterocycles. The van der Waals surface area contributed by atoms with Crippen molar-refractivity contribution in [3.8, 4) is 0 Å². The number of rotatable bonds is 6. The Morgan fingerprint density at radius 1 is 1.62 bits per heavy atom. The van der Waals surface area contributed by atoms with Crippen LogP contribution >= 0.6 is 27.3 Å². The number of carbonyl (C=O) groups excluding carboxylic acids is 1. The SMILES string of the molecule is CCC(CCO)NC(=O)Cc1ccc(Br)s1. The predicted octanol–water partition coefficient (Wildman–Crippen LogP) is 2.33. The van der Waals surface area contributed by atoms with Gasteiger partial charge in [-0.25, -0.2) is 0 Å². The highest BCUT2D eigenvalue weighted by molar-refractivity contribution is 9.11. The van der Waals surface area contributed by atoms with Crippen LogP contribution in [0.25, 0.3) is 0 Å². The van der Waals surface area contributed by atoms with E-state index in [9.17, 15) is 4.79 Å². The Hall–Kier alpha value is -0.390. The van der Waals surface area contributed by atoms with E-state index in [-0.39, 0.29) is 18.6 Å². The van der Waals surface area contributed by atoms with Crippen LogP contribution in [0.3, 0.4) is 0 Å². The molecule has 90 valence electrons. The van der Waals surface area contributed by atoms with Gasteiger partial charge in [0, 0.05) is 17.5 Å². The largest absolute Gasteiger partial charge is 0.396 e. The lowest BCUT2D eigenvalue weighted by Gasteiger charge is -2.15. The molecule has 1 aromatic heterocycles. The molecule has 0 aliphatic heterocycles. The third-order valence-electron chi connectivity index (χ3n) is 2.30. The zero-order valence-electron chi connectivity index (χ0n) is 9.20. The number of hydrogen-bond donors (Lipinski definition) is 2. The van der Waals surface area contributed by atoms with E-state index in [0.717, 1.165) is 15.1 Å². The first kappa shape index (κ1) is 13.7. The van der Waals surface area contributed by atoms with Gasteiger partial charge in [0.15, 0.2) is 0 Å². The van der Waals surface area contributed by atoms with Crippen molar-refractivity contribution in [2.75, 3.05) is 6.61 Å². The van der Waals surface area contributed by atoms with Crippen LogP contribution < -0.4 is 5.32 Å². The van der Waals surface area contributed by atoms with Gasteiger partial charge in [0.1, 0.15) is 0 Å². The highest BCUT2D eigenvalue weighted by Gasteiger charge is 2.11. The first-order chi connectivity index (χ1) is 7.65. The molecule has 1 amide bonds. The molecular formula is C11H16BrNO2S. The van der Waals surface area contributed by atoms with Gasteiger partial charge >= 0.3 is 0 Å². The zero-order chi connectivity index (χ0) is 12.0. The van der Waals surface area contributed by atoms with E-state index in [1.165, 1.54) is 0 Å². The molecule has 1 atom stereocenters. The quantitative estimate of drug-likeness (QED) is 0.847. The minimum absolute atomic E-state index is 0.0228. The van der Waals surface area contributed by atoms with E-state index in [2.05, 4.69) is 21.2 Å². The Morgan fingerprint density at radius 3 is 2.88 bits per heavy atom. The third-order valence-corrected chi connectivity index (χ3v) is 3.92. The van der Waals surface area contributed by atoms with Gasteiger partial charge in [-0.2, -0.15) is 0 Å². The van der Waals surface area contributed by atoms with E-state index in [1.54, 1.807) is 11.3 Å². The third kappa shape index (κ3) is 4.63. The summed E-state index contributed by atoms with van der Waals surface area (Å²) in [4.78, 5) is 12.7. The molecule has 3 nitrogen and oxygen atoms in total. The maximum Gasteiger partial charge on any atom is 0.225 e. The molecular weight excluding hydrogens is 290 g/mol. The summed E-state index contributed by atoms with van der Waals surface area (Å²) in [5, 5.41) is 11.7. The Morgan fingerprint density at radius 2 is 2.38 bits per heavy atom. The molecule has 0 radical (unpaired) electrons. The Bertz CT molecular complexity index is 340. The number of amides is 1. The lowest BCUT2D eigenvalue weighted by atomic mass is 10.1. The number of thiophene rings is 1. The molecule has 1 unspecified atom stereocenters. The normalized spacial score (nSPS) is 12.4. The van der Waals surface area contributed by atoms with Crippen molar-refractivity contribution in [2.24, 2.45) is 0 Å². The smallest absolute Gasteiger partial charge is 0.225 e. The maximum absolute atomic E-state index is 11.7. The van der Waals surface area contributed by atoms with Crippen LogP contribution in [0.1, 0.15) is 24.6 Å². The van der Waals surface area contributed by atoms with E-state index in [0.29, 0.717) is 12.8 Å².